The van der Waals surface area contributed by atoms with E-state index in [1.54, 1.807) is 0 Å². The molecule has 0 atom stereocenters. The molecule has 1 aliphatic heterocycles. The highest BCUT2D eigenvalue weighted by Crippen LogP contribution is 2.41. The predicted octanol–water partition coefficient (Wildman–Crippen LogP) is 2.46. The number of hydrogen-bond donors (Lipinski definition) is 1. The molecule has 0 saturated heterocycles. The van der Waals surface area contributed by atoms with E-state index in [2.05, 4.69) is 41.1 Å². The van der Waals surface area contributed by atoms with E-state index < -0.39 is 0 Å². The Morgan fingerprint density at radius 3 is 2.47 bits per heavy atom. The zero-order valence-corrected chi connectivity index (χ0v) is 11.9. The van der Waals surface area contributed by atoms with Gasteiger partial charge in [0.05, 0.1) is 11.4 Å². The van der Waals surface area contributed by atoms with Crippen LogP contribution in [0.15, 0.2) is 24.3 Å². The van der Waals surface area contributed by atoms with Crippen molar-refractivity contribution in [2.45, 2.75) is 25.7 Å². The van der Waals surface area contributed by atoms with Crippen LogP contribution in [-0.2, 0) is 0 Å². The molecule has 19 heavy (non-hydrogen) atoms. The summed E-state index contributed by atoms with van der Waals surface area (Å²) in [6, 6.07) is 8.76. The summed E-state index contributed by atoms with van der Waals surface area (Å²) in [5.41, 5.74) is 9.21. The van der Waals surface area contributed by atoms with E-state index in [0.29, 0.717) is 5.41 Å². The van der Waals surface area contributed by atoms with Crippen molar-refractivity contribution < 1.29 is 0 Å². The Morgan fingerprint density at radius 2 is 1.79 bits per heavy atom. The molecule has 3 nitrogen and oxygen atoms in total. The van der Waals surface area contributed by atoms with Gasteiger partial charge in [0.15, 0.2) is 0 Å². The largest absolute Gasteiger partial charge is 0.371 e. The van der Waals surface area contributed by atoms with Crippen LogP contribution in [0, 0.1) is 5.41 Å². The summed E-state index contributed by atoms with van der Waals surface area (Å²) in [6.45, 7) is 4.20. The molecule has 0 aromatic heterocycles. The standard InChI is InChI=1S/C16H25N3/c1-18-10-11-19(15-7-3-2-6-14(15)18)13-16(12-17)8-4-5-9-16/h2-3,6-7H,4-5,8-13,17H2,1H3. The number of fused-ring (bicyclic) bond motifs is 1. The molecule has 1 heterocycles. The summed E-state index contributed by atoms with van der Waals surface area (Å²) in [5, 5.41) is 0. The highest BCUT2D eigenvalue weighted by atomic mass is 15.3. The Kier molecular flexibility index (Phi) is 3.40. The summed E-state index contributed by atoms with van der Waals surface area (Å²) in [4.78, 5) is 4.92. The number of anilines is 2. The van der Waals surface area contributed by atoms with E-state index in [1.165, 1.54) is 37.1 Å². The fraction of sp³-hybridized carbons (Fsp3) is 0.625. The van der Waals surface area contributed by atoms with Gasteiger partial charge in [-0.15, -0.1) is 0 Å². The van der Waals surface area contributed by atoms with Gasteiger partial charge in [0.2, 0.25) is 0 Å². The van der Waals surface area contributed by atoms with E-state index in [9.17, 15) is 0 Å². The van der Waals surface area contributed by atoms with Gasteiger partial charge in [0.1, 0.15) is 0 Å². The van der Waals surface area contributed by atoms with E-state index in [1.807, 2.05) is 0 Å². The molecule has 2 aliphatic rings. The van der Waals surface area contributed by atoms with Crippen molar-refractivity contribution in [3.8, 4) is 0 Å². The van der Waals surface area contributed by atoms with Crippen LogP contribution in [0.1, 0.15) is 25.7 Å². The maximum Gasteiger partial charge on any atom is 0.0604 e. The fourth-order valence-corrected chi connectivity index (χ4v) is 3.69. The van der Waals surface area contributed by atoms with Gasteiger partial charge >= 0.3 is 0 Å². The Morgan fingerprint density at radius 1 is 1.11 bits per heavy atom. The van der Waals surface area contributed by atoms with Crippen molar-refractivity contribution in [1.29, 1.82) is 0 Å². The van der Waals surface area contributed by atoms with Crippen LogP contribution < -0.4 is 15.5 Å². The molecule has 2 N–H and O–H groups in total. The molecule has 0 unspecified atom stereocenters. The quantitative estimate of drug-likeness (QED) is 0.905. The van der Waals surface area contributed by atoms with Crippen molar-refractivity contribution in [1.82, 2.24) is 0 Å². The first-order chi connectivity index (χ1) is 9.24. The minimum atomic E-state index is 0.364. The average Bonchev–Trinajstić information content (AvgIpc) is 2.92. The molecular formula is C16H25N3. The first-order valence-corrected chi connectivity index (χ1v) is 7.49. The average molecular weight is 259 g/mol. The van der Waals surface area contributed by atoms with Gasteiger partial charge in [-0.25, -0.2) is 0 Å². The molecular weight excluding hydrogens is 234 g/mol. The molecule has 0 radical (unpaired) electrons. The topological polar surface area (TPSA) is 32.5 Å². The number of benzene rings is 1. The summed E-state index contributed by atoms with van der Waals surface area (Å²) in [6.07, 6.45) is 5.31. The lowest BCUT2D eigenvalue weighted by atomic mass is 9.85. The molecule has 3 heteroatoms. The zero-order chi connectivity index (χ0) is 13.3. The summed E-state index contributed by atoms with van der Waals surface area (Å²) < 4.78 is 0. The van der Waals surface area contributed by atoms with Crippen molar-refractivity contribution in [3.63, 3.8) is 0 Å². The zero-order valence-electron chi connectivity index (χ0n) is 11.9. The lowest BCUT2D eigenvalue weighted by molar-refractivity contribution is 0.310. The van der Waals surface area contributed by atoms with Gasteiger partial charge in [0, 0.05) is 32.1 Å². The summed E-state index contributed by atoms with van der Waals surface area (Å²) in [7, 11) is 2.18. The minimum Gasteiger partial charge on any atom is -0.371 e. The highest BCUT2D eigenvalue weighted by molar-refractivity contribution is 5.73. The number of nitrogens with zero attached hydrogens (tertiary/aromatic N) is 2. The molecule has 1 fully saturated rings. The third-order valence-corrected chi connectivity index (χ3v) is 4.96. The molecule has 104 valence electrons. The molecule has 1 aliphatic carbocycles. The third kappa shape index (κ3) is 2.32. The number of para-hydroxylation sites is 2. The molecule has 1 aromatic carbocycles. The number of rotatable bonds is 3. The van der Waals surface area contributed by atoms with Crippen LogP contribution in [-0.4, -0.2) is 33.2 Å². The molecule has 3 rings (SSSR count). The van der Waals surface area contributed by atoms with Gasteiger partial charge in [-0.1, -0.05) is 25.0 Å². The fourth-order valence-electron chi connectivity index (χ4n) is 3.69. The van der Waals surface area contributed by atoms with Crippen LogP contribution in [0.5, 0.6) is 0 Å². The minimum absolute atomic E-state index is 0.364. The summed E-state index contributed by atoms with van der Waals surface area (Å²) >= 11 is 0. The Labute approximate surface area is 116 Å². The molecule has 0 bridgehead atoms. The van der Waals surface area contributed by atoms with Crippen LogP contribution >= 0.6 is 0 Å². The molecule has 1 saturated carbocycles. The third-order valence-electron chi connectivity index (χ3n) is 4.96. The van der Waals surface area contributed by atoms with E-state index >= 15 is 0 Å². The normalized spacial score (nSPS) is 21.6. The maximum atomic E-state index is 6.10. The number of hydrogen-bond acceptors (Lipinski definition) is 3. The molecule has 1 aromatic rings. The van der Waals surface area contributed by atoms with E-state index in [4.69, 9.17) is 5.73 Å². The second-order valence-corrected chi connectivity index (χ2v) is 6.24. The van der Waals surface area contributed by atoms with Crippen LogP contribution in [0.2, 0.25) is 0 Å². The molecule has 0 spiro atoms. The lowest BCUT2D eigenvalue weighted by Gasteiger charge is -2.41. The van der Waals surface area contributed by atoms with E-state index in [-0.39, 0.29) is 0 Å². The van der Waals surface area contributed by atoms with Gasteiger partial charge in [-0.05, 0) is 31.5 Å². The Balaban J connectivity index is 1.84. The lowest BCUT2D eigenvalue weighted by Crippen LogP contribution is -2.46. The first kappa shape index (κ1) is 12.8. The second-order valence-electron chi connectivity index (χ2n) is 6.24. The van der Waals surface area contributed by atoms with Gasteiger partial charge in [-0.3, -0.25) is 0 Å². The number of nitrogens with two attached hydrogens (primary N) is 1. The van der Waals surface area contributed by atoms with Crippen molar-refractivity contribution in [2.24, 2.45) is 11.1 Å². The maximum absolute atomic E-state index is 6.10. The highest BCUT2D eigenvalue weighted by Gasteiger charge is 2.35. The SMILES string of the molecule is CN1CCN(CC2(CN)CCCC2)c2ccccc21. The second kappa shape index (κ2) is 5.04. The van der Waals surface area contributed by atoms with Gasteiger partial charge < -0.3 is 15.5 Å². The van der Waals surface area contributed by atoms with Crippen molar-refractivity contribution >= 4 is 11.4 Å². The van der Waals surface area contributed by atoms with Crippen LogP contribution in [0.3, 0.4) is 0 Å². The predicted molar refractivity (Wildman–Crippen MR) is 81.9 cm³/mol. The first-order valence-electron chi connectivity index (χ1n) is 7.49. The van der Waals surface area contributed by atoms with E-state index in [0.717, 1.165) is 26.2 Å². The van der Waals surface area contributed by atoms with Gasteiger partial charge in [-0.2, -0.15) is 0 Å². The Hall–Kier alpha value is -1.22. The smallest absolute Gasteiger partial charge is 0.0604 e. The monoisotopic (exact) mass is 259 g/mol. The van der Waals surface area contributed by atoms with Gasteiger partial charge in [0.25, 0.3) is 0 Å². The van der Waals surface area contributed by atoms with Crippen LogP contribution in [0.4, 0.5) is 11.4 Å². The summed E-state index contributed by atoms with van der Waals surface area (Å²) in [5.74, 6) is 0. The Bertz CT molecular complexity index is 437. The van der Waals surface area contributed by atoms with Crippen molar-refractivity contribution in [2.75, 3.05) is 43.0 Å². The molecule has 0 amide bonds. The van der Waals surface area contributed by atoms with Crippen LogP contribution in [0.25, 0.3) is 0 Å². The van der Waals surface area contributed by atoms with Crippen molar-refractivity contribution in [3.05, 3.63) is 24.3 Å². The number of likely N-dealkylation sites (N-methyl/N-ethyl adjacent to an activating group) is 1.